The number of nitrogens with two attached hydrogens (primary N) is 1. The molecule has 3 fully saturated rings. The van der Waals surface area contributed by atoms with Gasteiger partial charge >= 0.3 is 24.5 Å². The van der Waals surface area contributed by atoms with Gasteiger partial charge in [-0.1, -0.05) is 18.2 Å². The average molecular weight is 754 g/mol. The van der Waals surface area contributed by atoms with Gasteiger partial charge < -0.3 is 35.4 Å². The van der Waals surface area contributed by atoms with Crippen molar-refractivity contribution in [3.05, 3.63) is 58.7 Å². The molecule has 4 amide bonds. The van der Waals surface area contributed by atoms with E-state index in [1.165, 1.54) is 9.80 Å². The van der Waals surface area contributed by atoms with Gasteiger partial charge in [0.1, 0.15) is 0 Å². The quantitative estimate of drug-likeness (QED) is 0.310. The summed E-state index contributed by atoms with van der Waals surface area (Å²) in [7, 11) is 2.06. The summed E-state index contributed by atoms with van der Waals surface area (Å²) < 4.78 is 89.0. The number of hydrogen-bond donors (Lipinski definition) is 2. The van der Waals surface area contributed by atoms with E-state index < -0.39 is 59.3 Å². The molecule has 2 aromatic rings. The van der Waals surface area contributed by atoms with Crippen LogP contribution in [0.1, 0.15) is 47.9 Å². The van der Waals surface area contributed by atoms with Crippen LogP contribution in [0.3, 0.4) is 0 Å². The number of anilines is 2. The predicted molar refractivity (Wildman–Crippen MR) is 184 cm³/mol. The minimum Gasteiger partial charge on any atom is -0.436 e. The molecule has 1 atom stereocenters. The molecule has 4 aliphatic heterocycles. The molecule has 6 rings (SSSR count). The lowest BCUT2D eigenvalue weighted by molar-refractivity contribution is -0.143. The number of hydrogen-bond acceptors (Lipinski definition) is 7. The summed E-state index contributed by atoms with van der Waals surface area (Å²) in [5.74, 6) is -0.698. The zero-order valence-electron chi connectivity index (χ0n) is 29.5. The van der Waals surface area contributed by atoms with Crippen molar-refractivity contribution in [1.29, 1.82) is 0 Å². The smallest absolute Gasteiger partial charge is 0.418 e. The second-order valence-electron chi connectivity index (χ2n) is 14.3. The Labute approximate surface area is 304 Å². The van der Waals surface area contributed by atoms with Gasteiger partial charge in [-0.2, -0.15) is 26.3 Å². The average Bonchev–Trinajstić information content (AvgIpc) is 3.29. The van der Waals surface area contributed by atoms with Crippen LogP contribution < -0.4 is 11.1 Å². The molecule has 3 saturated heterocycles. The van der Waals surface area contributed by atoms with Crippen molar-refractivity contribution < 1.29 is 45.5 Å². The van der Waals surface area contributed by atoms with Crippen molar-refractivity contribution >= 4 is 29.4 Å². The van der Waals surface area contributed by atoms with Crippen molar-refractivity contribution in [2.45, 2.75) is 69.1 Å². The fraction of sp³-hybridized carbons (Fsp3) is 0.583. The number of carbonyl (C=O) groups excluding carboxylic acids is 3. The Balaban J connectivity index is 1.16. The van der Waals surface area contributed by atoms with Crippen LogP contribution in [-0.4, -0.2) is 127 Å². The number of carbonyl (C=O) groups is 3. The lowest BCUT2D eigenvalue weighted by Crippen LogP contribution is -2.56. The number of piperidine rings is 2. The minimum atomic E-state index is -5.21. The van der Waals surface area contributed by atoms with E-state index in [9.17, 15) is 40.7 Å². The monoisotopic (exact) mass is 753 g/mol. The summed E-state index contributed by atoms with van der Waals surface area (Å²) in [5.41, 5.74) is 1.76. The normalized spacial score (nSPS) is 20.8. The van der Waals surface area contributed by atoms with Crippen LogP contribution in [0.15, 0.2) is 36.4 Å². The van der Waals surface area contributed by atoms with Crippen molar-refractivity contribution in [2.75, 3.05) is 77.0 Å². The standard InChI is InChI=1S/C36H45F6N7O4/c1-45-11-7-25(8-12-45)46-16-18-47(19-17-46)32(50)30(22-23-20-27(35(37,38)39)31(43)28(21-23)36(40,41)42)53-34(52)48-13-9-26(10-14-48)49-15-6-24-4-2-3-5-29(24)44-33(49)51/h2-5,20-21,25-26,30H,6-19,22,43H2,1H3,(H,44,51). The molecule has 1 unspecified atom stereocenters. The molecular formula is C36H45F6N7O4. The lowest BCUT2D eigenvalue weighted by atomic mass is 9.97. The van der Waals surface area contributed by atoms with E-state index in [2.05, 4.69) is 22.2 Å². The van der Waals surface area contributed by atoms with Crippen LogP contribution in [-0.2, 0) is 34.7 Å². The van der Waals surface area contributed by atoms with Gasteiger partial charge in [0.05, 0.1) is 16.8 Å². The summed E-state index contributed by atoms with van der Waals surface area (Å²) in [6.07, 6.45) is -10.4. The van der Waals surface area contributed by atoms with Crippen LogP contribution in [0.25, 0.3) is 0 Å². The SMILES string of the molecule is CN1CCC(N2CCN(C(=O)C(Cc3cc(C(F)(F)F)c(N)c(C(F)(F)F)c3)OC(=O)N3CCC(N4CCc5ccccc5NC4=O)CC3)CC2)CC1. The van der Waals surface area contributed by atoms with Gasteiger partial charge in [-0.15, -0.1) is 0 Å². The Hall–Kier alpha value is -4.25. The van der Waals surface area contributed by atoms with Crippen molar-refractivity contribution in [1.82, 2.24) is 24.5 Å². The molecule has 0 aliphatic carbocycles. The predicted octanol–water partition coefficient (Wildman–Crippen LogP) is 5.15. The number of nitrogens with one attached hydrogen (secondary N) is 1. The Kier molecular flexibility index (Phi) is 11.3. The first-order valence-corrected chi connectivity index (χ1v) is 18.0. The number of amides is 4. The molecule has 11 nitrogen and oxygen atoms in total. The van der Waals surface area contributed by atoms with Gasteiger partial charge in [-0.25, -0.2) is 9.59 Å². The van der Waals surface area contributed by atoms with E-state index in [0.29, 0.717) is 57.1 Å². The fourth-order valence-corrected chi connectivity index (χ4v) is 7.86. The Morgan fingerprint density at radius 3 is 2.02 bits per heavy atom. The number of nitrogen functional groups attached to an aromatic ring is 1. The number of piperazine rings is 1. The molecule has 290 valence electrons. The molecule has 0 saturated carbocycles. The topological polar surface area (TPSA) is 115 Å². The van der Waals surface area contributed by atoms with E-state index >= 15 is 0 Å². The largest absolute Gasteiger partial charge is 0.436 e. The maximum absolute atomic E-state index is 14.0. The van der Waals surface area contributed by atoms with Crippen LogP contribution in [0, 0.1) is 0 Å². The van der Waals surface area contributed by atoms with Crippen molar-refractivity contribution in [2.24, 2.45) is 0 Å². The summed E-state index contributed by atoms with van der Waals surface area (Å²) >= 11 is 0. The number of rotatable bonds is 6. The van der Waals surface area contributed by atoms with Crippen molar-refractivity contribution in [3.8, 4) is 0 Å². The van der Waals surface area contributed by atoms with E-state index in [1.807, 2.05) is 24.3 Å². The van der Waals surface area contributed by atoms with E-state index in [0.717, 1.165) is 37.2 Å². The minimum absolute atomic E-state index is 0.161. The highest BCUT2D eigenvalue weighted by Gasteiger charge is 2.42. The second-order valence-corrected chi connectivity index (χ2v) is 14.3. The van der Waals surface area contributed by atoms with Gasteiger partial charge in [0, 0.05) is 70.0 Å². The van der Waals surface area contributed by atoms with Gasteiger partial charge in [0.15, 0.2) is 6.10 Å². The molecule has 0 bridgehead atoms. The highest BCUT2D eigenvalue weighted by atomic mass is 19.4. The third-order valence-electron chi connectivity index (χ3n) is 10.9. The van der Waals surface area contributed by atoms with Gasteiger partial charge in [0.2, 0.25) is 0 Å². The Morgan fingerprint density at radius 2 is 1.42 bits per heavy atom. The van der Waals surface area contributed by atoms with E-state index in [1.54, 1.807) is 4.90 Å². The van der Waals surface area contributed by atoms with Gasteiger partial charge in [0.25, 0.3) is 5.91 Å². The number of benzene rings is 2. The zero-order valence-corrected chi connectivity index (χ0v) is 29.5. The molecule has 3 N–H and O–H groups in total. The number of nitrogens with zero attached hydrogens (tertiary/aromatic N) is 5. The van der Waals surface area contributed by atoms with Crippen molar-refractivity contribution in [3.63, 3.8) is 0 Å². The first-order chi connectivity index (χ1) is 25.1. The zero-order chi connectivity index (χ0) is 38.1. The number of halogens is 6. The van der Waals surface area contributed by atoms with Gasteiger partial charge in [-0.05, 0) is 81.6 Å². The maximum atomic E-state index is 14.0. The van der Waals surface area contributed by atoms with Crippen LogP contribution in [0.2, 0.25) is 0 Å². The van der Waals surface area contributed by atoms with Crippen LogP contribution in [0.5, 0.6) is 0 Å². The number of alkyl halides is 6. The first kappa shape index (κ1) is 38.5. The van der Waals surface area contributed by atoms with Crippen LogP contribution in [0.4, 0.5) is 47.3 Å². The number of urea groups is 1. The summed E-state index contributed by atoms with van der Waals surface area (Å²) in [5, 5.41) is 2.94. The molecule has 0 aromatic heterocycles. The summed E-state index contributed by atoms with van der Waals surface area (Å²) in [4.78, 5) is 49.7. The number of para-hydroxylation sites is 1. The number of ether oxygens (including phenoxy) is 1. The third-order valence-corrected chi connectivity index (χ3v) is 10.9. The van der Waals surface area contributed by atoms with E-state index in [-0.39, 0.29) is 38.3 Å². The van der Waals surface area contributed by atoms with Crippen LogP contribution >= 0.6 is 0 Å². The first-order valence-electron chi connectivity index (χ1n) is 18.0. The number of fused-ring (bicyclic) bond motifs is 1. The fourth-order valence-electron chi connectivity index (χ4n) is 7.86. The third kappa shape index (κ3) is 8.94. The van der Waals surface area contributed by atoms with Gasteiger partial charge in [-0.3, -0.25) is 9.69 Å². The Bertz CT molecular complexity index is 1610. The lowest BCUT2D eigenvalue weighted by Gasteiger charge is -2.42. The Morgan fingerprint density at radius 1 is 0.830 bits per heavy atom. The summed E-state index contributed by atoms with van der Waals surface area (Å²) in [6.45, 7) is 4.26. The molecular weight excluding hydrogens is 708 g/mol. The second kappa shape index (κ2) is 15.6. The number of likely N-dealkylation sites (tertiary alicyclic amines) is 2. The molecule has 2 aromatic carbocycles. The highest BCUT2D eigenvalue weighted by Crippen LogP contribution is 2.42. The highest BCUT2D eigenvalue weighted by molar-refractivity contribution is 5.91. The molecule has 17 heteroatoms. The molecule has 4 heterocycles. The molecule has 0 spiro atoms. The summed E-state index contributed by atoms with van der Waals surface area (Å²) in [6, 6.07) is 8.37. The van der Waals surface area contributed by atoms with E-state index in [4.69, 9.17) is 10.5 Å². The molecule has 4 aliphatic rings. The molecule has 53 heavy (non-hydrogen) atoms. The molecule has 0 radical (unpaired) electrons. The maximum Gasteiger partial charge on any atom is 0.418 e.